The summed E-state index contributed by atoms with van der Waals surface area (Å²) < 4.78 is 11.7. The third-order valence-corrected chi connectivity index (χ3v) is 9.00. The quantitative estimate of drug-likeness (QED) is 0.311. The van der Waals surface area contributed by atoms with Gasteiger partial charge in [-0.15, -0.1) is 5.73 Å². The largest absolute Gasteiger partial charge is 0.437 e. The lowest BCUT2D eigenvalue weighted by molar-refractivity contribution is -0.164. The topological polar surface area (TPSA) is 52.6 Å². The van der Waals surface area contributed by atoms with Gasteiger partial charge in [-0.05, 0) is 36.4 Å². The molecule has 0 fully saturated rings. The Hall–Kier alpha value is -1.68. The predicted molar refractivity (Wildman–Crippen MR) is 97.9 cm³/mol. The molecule has 0 aromatic rings. The van der Waals surface area contributed by atoms with Crippen molar-refractivity contribution in [3.63, 3.8) is 0 Å². The van der Waals surface area contributed by atoms with Gasteiger partial charge in [-0.1, -0.05) is 39.5 Å². The molecule has 24 heavy (non-hydrogen) atoms. The fourth-order valence-corrected chi connectivity index (χ4v) is 3.30. The van der Waals surface area contributed by atoms with Crippen molar-refractivity contribution in [2.45, 2.75) is 58.5 Å². The lowest BCUT2D eigenvalue weighted by Gasteiger charge is -2.40. The first-order chi connectivity index (χ1) is 10.9. The van der Waals surface area contributed by atoms with Gasteiger partial charge in [-0.25, -0.2) is 0 Å². The predicted octanol–water partition coefficient (Wildman–Crippen LogP) is 4.31. The van der Waals surface area contributed by atoms with Crippen LogP contribution in [0.4, 0.5) is 0 Å². The van der Waals surface area contributed by atoms with Crippen LogP contribution in [0.1, 0.15) is 34.1 Å². The molecular weight excluding hydrogens is 320 g/mol. The zero-order valence-electron chi connectivity index (χ0n) is 15.5. The number of rotatable bonds is 6. The van der Waals surface area contributed by atoms with Gasteiger partial charge in [0.2, 0.25) is 0 Å². The normalized spacial score (nSPS) is 18.0. The van der Waals surface area contributed by atoms with Crippen molar-refractivity contribution in [3.05, 3.63) is 42.7 Å². The molecule has 1 aliphatic carbocycles. The molecule has 132 valence electrons. The van der Waals surface area contributed by atoms with Crippen molar-refractivity contribution in [3.8, 4) is 0 Å². The highest BCUT2D eigenvalue weighted by atomic mass is 28.4. The van der Waals surface area contributed by atoms with Gasteiger partial charge in [-0.3, -0.25) is 9.59 Å². The Bertz CT molecular complexity index is 585. The zero-order chi connectivity index (χ0) is 18.6. The fourth-order valence-electron chi connectivity index (χ4n) is 2.15. The van der Waals surface area contributed by atoms with Crippen LogP contribution < -0.4 is 0 Å². The minimum Gasteiger partial charge on any atom is -0.437 e. The summed E-state index contributed by atoms with van der Waals surface area (Å²) in [5.41, 5.74) is 2.17. The molecule has 0 saturated heterocycles. The van der Waals surface area contributed by atoms with Crippen LogP contribution in [0.25, 0.3) is 0 Å². The summed E-state index contributed by atoms with van der Waals surface area (Å²) >= 11 is 0. The first-order valence-electron chi connectivity index (χ1n) is 8.05. The van der Waals surface area contributed by atoms with E-state index in [1.54, 1.807) is 18.2 Å². The highest BCUT2D eigenvalue weighted by molar-refractivity contribution is 6.74. The SMILES string of the molecule is C=C=CC1(CC(OC(C)=O)O[Si](C)(C)C(C)(C)C)C=CC(=O)C=C1. The van der Waals surface area contributed by atoms with Crippen LogP contribution in [0.3, 0.4) is 0 Å². The van der Waals surface area contributed by atoms with Crippen molar-refractivity contribution in [2.75, 3.05) is 0 Å². The molecule has 0 aromatic carbocycles. The Kier molecular flexibility index (Phi) is 6.34. The molecule has 1 unspecified atom stereocenters. The molecule has 4 nitrogen and oxygen atoms in total. The van der Waals surface area contributed by atoms with Crippen molar-refractivity contribution in [2.24, 2.45) is 5.41 Å². The Morgan fingerprint density at radius 3 is 2.33 bits per heavy atom. The van der Waals surface area contributed by atoms with Crippen LogP contribution in [0, 0.1) is 5.41 Å². The first kappa shape index (κ1) is 20.4. The zero-order valence-corrected chi connectivity index (χ0v) is 16.5. The van der Waals surface area contributed by atoms with Crippen molar-refractivity contribution in [1.29, 1.82) is 0 Å². The number of allylic oxidation sites excluding steroid dienone is 5. The minimum absolute atomic E-state index is 0.0128. The molecule has 5 heteroatoms. The molecule has 0 amide bonds. The molecule has 1 atom stereocenters. The average molecular weight is 349 g/mol. The van der Waals surface area contributed by atoms with Gasteiger partial charge in [0.1, 0.15) is 0 Å². The third kappa shape index (κ3) is 5.44. The number of hydrogen-bond acceptors (Lipinski definition) is 4. The standard InChI is InChI=1S/C19H28O4Si/c1-8-11-19(12-9-16(21)10-13-19)14-17(22-15(2)20)23-24(6,7)18(3,4)5/h9-13,17H,1,14H2,2-7H3. The van der Waals surface area contributed by atoms with Crippen LogP contribution in [-0.4, -0.2) is 26.4 Å². The highest BCUT2D eigenvalue weighted by Gasteiger charge is 2.41. The van der Waals surface area contributed by atoms with Crippen LogP contribution in [-0.2, 0) is 18.8 Å². The average Bonchev–Trinajstić information content (AvgIpc) is 2.40. The van der Waals surface area contributed by atoms with Gasteiger partial charge in [0.05, 0.1) is 0 Å². The lowest BCUT2D eigenvalue weighted by Crippen LogP contribution is -2.46. The molecule has 0 heterocycles. The summed E-state index contributed by atoms with van der Waals surface area (Å²) in [5.74, 6) is -0.464. The maximum absolute atomic E-state index is 11.5. The molecule has 0 spiro atoms. The second-order valence-electron chi connectivity index (χ2n) is 7.65. The van der Waals surface area contributed by atoms with Crippen molar-refractivity contribution >= 4 is 20.1 Å². The van der Waals surface area contributed by atoms with E-state index in [0.29, 0.717) is 6.42 Å². The lowest BCUT2D eigenvalue weighted by atomic mass is 9.80. The summed E-state index contributed by atoms with van der Waals surface area (Å²) in [5, 5.41) is -0.0128. The Morgan fingerprint density at radius 2 is 1.92 bits per heavy atom. The number of esters is 1. The van der Waals surface area contributed by atoms with Gasteiger partial charge >= 0.3 is 5.97 Å². The second-order valence-corrected chi connectivity index (χ2v) is 12.4. The maximum atomic E-state index is 11.5. The Balaban J connectivity index is 3.10. The highest BCUT2D eigenvalue weighted by Crippen LogP contribution is 2.40. The summed E-state index contributed by atoms with van der Waals surface area (Å²) in [6.45, 7) is 15.6. The van der Waals surface area contributed by atoms with Crippen LogP contribution >= 0.6 is 0 Å². The molecule has 0 radical (unpaired) electrons. The van der Waals surface area contributed by atoms with Crippen molar-refractivity contribution in [1.82, 2.24) is 0 Å². The molecule has 1 aliphatic rings. The van der Waals surface area contributed by atoms with Crippen LogP contribution in [0.15, 0.2) is 42.7 Å². The summed E-state index contributed by atoms with van der Waals surface area (Å²) in [6, 6.07) is 0. The molecule has 0 bridgehead atoms. The third-order valence-electron chi connectivity index (χ3n) is 4.54. The van der Waals surface area contributed by atoms with Gasteiger partial charge in [-0.2, -0.15) is 0 Å². The molecule has 0 N–H and O–H groups in total. The first-order valence-corrected chi connectivity index (χ1v) is 11.0. The van der Waals surface area contributed by atoms with E-state index in [9.17, 15) is 9.59 Å². The molecule has 0 aliphatic heterocycles. The maximum Gasteiger partial charge on any atom is 0.304 e. The van der Waals surface area contributed by atoms with E-state index in [1.165, 1.54) is 19.1 Å². The van der Waals surface area contributed by atoms with Gasteiger partial charge < -0.3 is 9.16 Å². The van der Waals surface area contributed by atoms with E-state index in [2.05, 4.69) is 46.2 Å². The second kappa shape index (κ2) is 7.47. The van der Waals surface area contributed by atoms with E-state index in [-0.39, 0.29) is 10.8 Å². The van der Waals surface area contributed by atoms with Gasteiger partial charge in [0.15, 0.2) is 20.4 Å². The Morgan fingerprint density at radius 1 is 1.38 bits per heavy atom. The van der Waals surface area contributed by atoms with Gasteiger partial charge in [0.25, 0.3) is 0 Å². The summed E-state index contributed by atoms with van der Waals surface area (Å²) in [4.78, 5) is 23.0. The van der Waals surface area contributed by atoms with Crippen LogP contribution in [0.5, 0.6) is 0 Å². The minimum atomic E-state index is -2.13. The van der Waals surface area contributed by atoms with Crippen LogP contribution in [0.2, 0.25) is 18.1 Å². The fraction of sp³-hybridized carbons (Fsp3) is 0.526. The monoisotopic (exact) mass is 348 g/mol. The summed E-state index contributed by atoms with van der Waals surface area (Å²) in [7, 11) is -2.13. The van der Waals surface area contributed by atoms with E-state index in [1.807, 2.05) is 0 Å². The molecule has 1 rings (SSSR count). The van der Waals surface area contributed by atoms with E-state index in [4.69, 9.17) is 9.16 Å². The molecule has 0 saturated carbocycles. The molecule has 0 aromatic heterocycles. The number of ketones is 1. The number of carbonyl (C=O) groups is 2. The van der Waals surface area contributed by atoms with Gasteiger partial charge in [0, 0.05) is 18.8 Å². The van der Waals surface area contributed by atoms with E-state index >= 15 is 0 Å². The number of carbonyl (C=O) groups excluding carboxylic acids is 2. The smallest absolute Gasteiger partial charge is 0.304 e. The summed E-state index contributed by atoms with van der Waals surface area (Å²) in [6.07, 6.45) is 8.00. The molecular formula is C19H28O4Si. The number of ether oxygens (including phenoxy) is 1. The van der Waals surface area contributed by atoms with E-state index < -0.39 is 26.0 Å². The van der Waals surface area contributed by atoms with Crippen molar-refractivity contribution < 1.29 is 18.8 Å². The number of hydrogen-bond donors (Lipinski definition) is 0. The Labute approximate surface area is 146 Å². The van der Waals surface area contributed by atoms with E-state index in [0.717, 1.165) is 0 Å².